The molecule has 14 heavy (non-hydrogen) atoms. The molecule has 0 bridgehead atoms. The van der Waals surface area contributed by atoms with E-state index >= 15 is 0 Å². The van der Waals surface area contributed by atoms with Crippen molar-refractivity contribution < 1.29 is 9.13 Å². The van der Waals surface area contributed by atoms with E-state index in [1.807, 2.05) is 43.4 Å². The van der Waals surface area contributed by atoms with Gasteiger partial charge in [0, 0.05) is 5.56 Å². The van der Waals surface area contributed by atoms with Crippen LogP contribution >= 0.6 is 22.6 Å². The zero-order valence-electron chi connectivity index (χ0n) is 8.82. The summed E-state index contributed by atoms with van der Waals surface area (Å²) in [5.74, 6) is 0.569. The summed E-state index contributed by atoms with van der Waals surface area (Å²) in [7, 11) is 1.61. The van der Waals surface area contributed by atoms with Gasteiger partial charge in [0.05, 0.1) is 10.7 Å². The van der Waals surface area contributed by atoms with Crippen LogP contribution in [0, 0.1) is 9.39 Å². The molecule has 0 saturated heterocycles. The molecule has 0 aliphatic heterocycles. The summed E-state index contributed by atoms with van der Waals surface area (Å²) in [6.07, 6.45) is 0. The van der Waals surface area contributed by atoms with Crippen LogP contribution in [-0.4, -0.2) is 7.11 Å². The van der Waals surface area contributed by atoms with Crippen molar-refractivity contribution in [2.24, 2.45) is 0 Å². The third-order valence-corrected chi connectivity index (χ3v) is 2.88. The van der Waals surface area contributed by atoms with Crippen LogP contribution in [-0.2, 0) is 5.41 Å². The van der Waals surface area contributed by atoms with Crippen LogP contribution in [0.4, 0.5) is 4.39 Å². The van der Waals surface area contributed by atoms with Gasteiger partial charge < -0.3 is 4.74 Å². The first-order chi connectivity index (χ1) is 6.36. The molecule has 3 heteroatoms. The van der Waals surface area contributed by atoms with Gasteiger partial charge in [-0.15, -0.1) is 0 Å². The lowest BCUT2D eigenvalue weighted by Gasteiger charge is -2.22. The van der Waals surface area contributed by atoms with E-state index in [0.717, 1.165) is 11.3 Å². The summed E-state index contributed by atoms with van der Waals surface area (Å²) < 4.78 is 19.2. The Morgan fingerprint density at radius 2 is 1.86 bits per heavy atom. The third kappa shape index (κ3) is 2.38. The lowest BCUT2D eigenvalue weighted by molar-refractivity contribution is 0.395. The highest BCUT2D eigenvalue weighted by molar-refractivity contribution is 14.1. The molecule has 78 valence electrons. The predicted octanol–water partition coefficient (Wildman–Crippen LogP) is 3.74. The first-order valence-electron chi connectivity index (χ1n) is 4.40. The Bertz CT molecular complexity index is 342. The molecule has 1 aromatic rings. The van der Waals surface area contributed by atoms with Gasteiger partial charge in [0.2, 0.25) is 0 Å². The topological polar surface area (TPSA) is 9.23 Å². The van der Waals surface area contributed by atoms with Crippen LogP contribution in [0.5, 0.6) is 5.75 Å². The summed E-state index contributed by atoms with van der Waals surface area (Å²) in [4.78, 5) is 0. The van der Waals surface area contributed by atoms with Crippen molar-refractivity contribution in [3.8, 4) is 5.75 Å². The van der Waals surface area contributed by atoms with Crippen molar-refractivity contribution in [1.82, 2.24) is 0 Å². The molecule has 0 fully saturated rings. The summed E-state index contributed by atoms with van der Waals surface area (Å²) in [5, 5.41) is 0. The highest BCUT2D eigenvalue weighted by Gasteiger charge is 2.20. The molecular weight excluding hydrogens is 294 g/mol. The third-order valence-electron chi connectivity index (χ3n) is 2.05. The van der Waals surface area contributed by atoms with Crippen molar-refractivity contribution in [1.29, 1.82) is 0 Å². The predicted molar refractivity (Wildman–Crippen MR) is 64.4 cm³/mol. The summed E-state index contributed by atoms with van der Waals surface area (Å²) in [6.45, 7) is 6.12. The fraction of sp³-hybridized carbons (Fsp3) is 0.455. The van der Waals surface area contributed by atoms with Gasteiger partial charge in [0.15, 0.2) is 0 Å². The van der Waals surface area contributed by atoms with Crippen molar-refractivity contribution in [3.63, 3.8) is 0 Å². The Morgan fingerprint density at radius 3 is 2.29 bits per heavy atom. The average Bonchev–Trinajstić information content (AvgIpc) is 2.07. The van der Waals surface area contributed by atoms with Gasteiger partial charge in [0.25, 0.3) is 0 Å². The maximum absolute atomic E-state index is 13.4. The Kier molecular flexibility index (Phi) is 3.40. The van der Waals surface area contributed by atoms with Crippen LogP contribution in [0.3, 0.4) is 0 Å². The molecule has 0 saturated carbocycles. The van der Waals surface area contributed by atoms with Gasteiger partial charge in [-0.3, -0.25) is 0 Å². The van der Waals surface area contributed by atoms with Crippen LogP contribution in [0.25, 0.3) is 0 Å². The van der Waals surface area contributed by atoms with E-state index in [-0.39, 0.29) is 11.2 Å². The second kappa shape index (κ2) is 4.04. The molecule has 0 spiro atoms. The number of hydrogen-bond acceptors (Lipinski definition) is 1. The van der Waals surface area contributed by atoms with Crippen molar-refractivity contribution in [3.05, 3.63) is 27.1 Å². The minimum absolute atomic E-state index is 0.101. The van der Waals surface area contributed by atoms with E-state index in [2.05, 4.69) is 0 Å². The Morgan fingerprint density at radius 1 is 1.29 bits per heavy atom. The SMILES string of the molecule is COc1cc(I)c(F)cc1C(C)(C)C. The molecule has 0 unspecified atom stereocenters. The van der Waals surface area contributed by atoms with Gasteiger partial charge in [-0.25, -0.2) is 4.39 Å². The molecule has 0 N–H and O–H groups in total. The Labute approximate surface area is 97.8 Å². The highest BCUT2D eigenvalue weighted by Crippen LogP contribution is 2.33. The van der Waals surface area contributed by atoms with Gasteiger partial charge in [-0.2, -0.15) is 0 Å². The van der Waals surface area contributed by atoms with Gasteiger partial charge in [-0.1, -0.05) is 20.8 Å². The second-order valence-corrected chi connectivity index (χ2v) is 5.38. The maximum Gasteiger partial charge on any atom is 0.137 e. The zero-order chi connectivity index (χ0) is 10.9. The molecular formula is C11H14FIO. The van der Waals surface area contributed by atoms with Gasteiger partial charge >= 0.3 is 0 Å². The number of benzene rings is 1. The molecule has 0 heterocycles. The minimum Gasteiger partial charge on any atom is -0.496 e. The molecule has 1 rings (SSSR count). The molecule has 1 aromatic carbocycles. The molecule has 0 aliphatic carbocycles. The van der Waals surface area contributed by atoms with E-state index in [0.29, 0.717) is 3.57 Å². The quantitative estimate of drug-likeness (QED) is 0.718. The lowest BCUT2D eigenvalue weighted by atomic mass is 9.86. The van der Waals surface area contributed by atoms with E-state index in [9.17, 15) is 4.39 Å². The first-order valence-corrected chi connectivity index (χ1v) is 5.47. The lowest BCUT2D eigenvalue weighted by Crippen LogP contribution is -2.13. The molecule has 0 radical (unpaired) electrons. The molecule has 1 nitrogen and oxygen atoms in total. The highest BCUT2D eigenvalue weighted by atomic mass is 127. The van der Waals surface area contributed by atoms with Crippen LogP contribution in [0.15, 0.2) is 12.1 Å². The summed E-state index contributed by atoms with van der Waals surface area (Å²) in [5.41, 5.74) is 0.800. The van der Waals surface area contributed by atoms with Crippen molar-refractivity contribution in [2.45, 2.75) is 26.2 Å². The van der Waals surface area contributed by atoms with Gasteiger partial charge in [-0.05, 0) is 40.1 Å². The first kappa shape index (κ1) is 11.8. The van der Waals surface area contributed by atoms with Crippen LogP contribution in [0.2, 0.25) is 0 Å². The van der Waals surface area contributed by atoms with E-state index < -0.39 is 0 Å². The largest absolute Gasteiger partial charge is 0.496 e. The number of ether oxygens (including phenoxy) is 1. The summed E-state index contributed by atoms with van der Waals surface area (Å²) >= 11 is 1.96. The number of methoxy groups -OCH3 is 1. The molecule has 0 amide bonds. The monoisotopic (exact) mass is 308 g/mol. The smallest absolute Gasteiger partial charge is 0.137 e. The Balaban J connectivity index is 3.35. The average molecular weight is 308 g/mol. The number of halogens is 2. The zero-order valence-corrected chi connectivity index (χ0v) is 11.0. The van der Waals surface area contributed by atoms with Gasteiger partial charge in [0.1, 0.15) is 11.6 Å². The minimum atomic E-state index is -0.184. The van der Waals surface area contributed by atoms with E-state index in [1.54, 1.807) is 19.2 Å². The molecule has 0 aliphatic rings. The van der Waals surface area contributed by atoms with Crippen LogP contribution in [0.1, 0.15) is 26.3 Å². The van der Waals surface area contributed by atoms with E-state index in [4.69, 9.17) is 4.74 Å². The second-order valence-electron chi connectivity index (χ2n) is 4.22. The van der Waals surface area contributed by atoms with E-state index in [1.165, 1.54) is 0 Å². The van der Waals surface area contributed by atoms with Crippen LogP contribution < -0.4 is 4.74 Å². The fourth-order valence-electron chi connectivity index (χ4n) is 1.28. The number of rotatable bonds is 1. The van der Waals surface area contributed by atoms with Crippen molar-refractivity contribution >= 4 is 22.6 Å². The summed E-state index contributed by atoms with van der Waals surface area (Å²) in [6, 6.07) is 3.29. The number of hydrogen-bond donors (Lipinski definition) is 0. The maximum atomic E-state index is 13.4. The normalized spacial score (nSPS) is 11.6. The molecule has 0 aromatic heterocycles. The fourth-order valence-corrected chi connectivity index (χ4v) is 1.72. The molecule has 0 atom stereocenters. The van der Waals surface area contributed by atoms with Crippen molar-refractivity contribution in [2.75, 3.05) is 7.11 Å². The Hall–Kier alpha value is -0.320. The standard InChI is InChI=1S/C11H14FIO/c1-11(2,3)7-5-8(12)9(13)6-10(7)14-4/h5-6H,1-4H3.